The zero-order chi connectivity index (χ0) is 18.6. The lowest BCUT2D eigenvalue weighted by molar-refractivity contribution is -0.119. The number of halogens is 2. The van der Waals surface area contributed by atoms with E-state index in [2.05, 4.69) is 27.9 Å². The zero-order valence-corrected chi connectivity index (χ0v) is 16.3. The SMILES string of the molecule is NS(=O)(=O)c1ccc(Cl)c(C(=O)OCC(=O)Nc2ccccc2I)c1. The molecule has 0 heterocycles. The van der Waals surface area contributed by atoms with Crippen LogP contribution in [0.3, 0.4) is 0 Å². The van der Waals surface area contributed by atoms with Crippen molar-refractivity contribution < 1.29 is 22.7 Å². The van der Waals surface area contributed by atoms with Crippen LogP contribution in [0.4, 0.5) is 5.69 Å². The Balaban J connectivity index is 2.05. The molecule has 7 nitrogen and oxygen atoms in total. The van der Waals surface area contributed by atoms with Crippen molar-refractivity contribution in [2.75, 3.05) is 11.9 Å². The van der Waals surface area contributed by atoms with Crippen LogP contribution in [0.1, 0.15) is 10.4 Å². The number of hydrogen-bond donors (Lipinski definition) is 2. The van der Waals surface area contributed by atoms with Crippen molar-refractivity contribution in [2.24, 2.45) is 5.14 Å². The van der Waals surface area contributed by atoms with E-state index in [9.17, 15) is 18.0 Å². The Kier molecular flexibility index (Phi) is 6.38. The summed E-state index contributed by atoms with van der Waals surface area (Å²) in [6.07, 6.45) is 0. The number of rotatable bonds is 5. The third-order valence-corrected chi connectivity index (χ3v) is 5.15. The van der Waals surface area contributed by atoms with Crippen LogP contribution in [-0.2, 0) is 19.6 Å². The lowest BCUT2D eigenvalue weighted by Gasteiger charge is -2.09. The van der Waals surface area contributed by atoms with Crippen LogP contribution in [0.15, 0.2) is 47.4 Å². The summed E-state index contributed by atoms with van der Waals surface area (Å²) in [5.41, 5.74) is 0.383. The fraction of sp³-hybridized carbons (Fsp3) is 0.0667. The van der Waals surface area contributed by atoms with E-state index in [4.69, 9.17) is 21.5 Å². The van der Waals surface area contributed by atoms with E-state index in [1.54, 1.807) is 18.2 Å². The molecule has 0 bridgehead atoms. The summed E-state index contributed by atoms with van der Waals surface area (Å²) in [6.45, 7) is -0.556. The monoisotopic (exact) mass is 494 g/mol. The number of primary sulfonamides is 1. The van der Waals surface area contributed by atoms with Gasteiger partial charge in [-0.1, -0.05) is 23.7 Å². The minimum Gasteiger partial charge on any atom is -0.452 e. The van der Waals surface area contributed by atoms with Crippen molar-refractivity contribution in [2.45, 2.75) is 4.90 Å². The molecule has 0 radical (unpaired) electrons. The van der Waals surface area contributed by atoms with Gasteiger partial charge in [-0.05, 0) is 52.9 Å². The number of nitrogens with two attached hydrogens (primary N) is 1. The van der Waals surface area contributed by atoms with Gasteiger partial charge in [0.15, 0.2) is 6.61 Å². The van der Waals surface area contributed by atoms with Crippen LogP contribution in [0, 0.1) is 3.57 Å². The highest BCUT2D eigenvalue weighted by atomic mass is 127. The number of ether oxygens (including phenoxy) is 1. The van der Waals surface area contributed by atoms with Gasteiger partial charge in [0, 0.05) is 3.57 Å². The molecule has 25 heavy (non-hydrogen) atoms. The first-order valence-electron chi connectivity index (χ1n) is 6.72. The van der Waals surface area contributed by atoms with Gasteiger partial charge in [0.25, 0.3) is 5.91 Å². The van der Waals surface area contributed by atoms with Crippen LogP contribution in [-0.4, -0.2) is 26.9 Å². The molecule has 3 N–H and O–H groups in total. The minimum absolute atomic E-state index is 0.0181. The van der Waals surface area contributed by atoms with E-state index in [0.29, 0.717) is 5.69 Å². The number of para-hydroxylation sites is 1. The van der Waals surface area contributed by atoms with Gasteiger partial charge in [0.1, 0.15) is 0 Å². The molecule has 132 valence electrons. The molecule has 10 heteroatoms. The molecule has 0 aliphatic carbocycles. The largest absolute Gasteiger partial charge is 0.452 e. The van der Waals surface area contributed by atoms with Crippen molar-refractivity contribution in [3.8, 4) is 0 Å². The van der Waals surface area contributed by atoms with Crippen molar-refractivity contribution in [3.63, 3.8) is 0 Å². The molecule has 0 saturated carbocycles. The van der Waals surface area contributed by atoms with Gasteiger partial charge in [-0.3, -0.25) is 4.79 Å². The third-order valence-electron chi connectivity index (χ3n) is 2.97. The van der Waals surface area contributed by atoms with Gasteiger partial charge >= 0.3 is 5.97 Å². The highest BCUT2D eigenvalue weighted by Crippen LogP contribution is 2.21. The van der Waals surface area contributed by atoms with E-state index in [1.807, 2.05) is 6.07 Å². The summed E-state index contributed by atoms with van der Waals surface area (Å²) in [4.78, 5) is 23.6. The summed E-state index contributed by atoms with van der Waals surface area (Å²) in [7, 11) is -4.00. The van der Waals surface area contributed by atoms with E-state index in [1.165, 1.54) is 12.1 Å². The predicted molar refractivity (Wildman–Crippen MR) is 101 cm³/mol. The molecule has 0 aliphatic heterocycles. The summed E-state index contributed by atoms with van der Waals surface area (Å²) >= 11 is 7.92. The fourth-order valence-corrected chi connectivity index (χ4v) is 3.05. The fourth-order valence-electron chi connectivity index (χ4n) is 1.80. The molecule has 2 rings (SSSR count). The van der Waals surface area contributed by atoms with Gasteiger partial charge in [0.05, 0.1) is 21.2 Å². The summed E-state index contributed by atoms with van der Waals surface area (Å²) in [6, 6.07) is 10.5. The zero-order valence-electron chi connectivity index (χ0n) is 12.5. The van der Waals surface area contributed by atoms with Crippen molar-refractivity contribution in [1.29, 1.82) is 0 Å². The summed E-state index contributed by atoms with van der Waals surface area (Å²) in [5.74, 6) is -1.48. The molecule has 0 atom stereocenters. The number of carbonyl (C=O) groups is 2. The first-order chi connectivity index (χ1) is 11.7. The minimum atomic E-state index is -4.00. The second-order valence-corrected chi connectivity index (χ2v) is 7.92. The number of amides is 1. The van der Waals surface area contributed by atoms with E-state index < -0.39 is 28.5 Å². The molecule has 2 aromatic carbocycles. The maximum absolute atomic E-state index is 12.0. The van der Waals surface area contributed by atoms with Crippen molar-refractivity contribution in [3.05, 3.63) is 56.6 Å². The smallest absolute Gasteiger partial charge is 0.340 e. The van der Waals surface area contributed by atoms with Gasteiger partial charge in [-0.25, -0.2) is 18.4 Å². The average Bonchev–Trinajstić information content (AvgIpc) is 2.54. The lowest BCUT2D eigenvalue weighted by atomic mass is 10.2. The number of nitrogens with one attached hydrogen (secondary N) is 1. The Morgan fingerprint density at radius 2 is 1.88 bits per heavy atom. The maximum atomic E-state index is 12.0. The van der Waals surface area contributed by atoms with E-state index in [0.717, 1.165) is 9.64 Å². The van der Waals surface area contributed by atoms with Crippen LogP contribution >= 0.6 is 34.2 Å². The molecule has 1 amide bonds. The first kappa shape index (κ1) is 19.6. The molecule has 0 unspecified atom stereocenters. The number of anilines is 1. The second-order valence-electron chi connectivity index (χ2n) is 4.79. The average molecular weight is 495 g/mol. The summed E-state index contributed by atoms with van der Waals surface area (Å²) < 4.78 is 28.4. The molecule has 0 fully saturated rings. The quantitative estimate of drug-likeness (QED) is 0.489. The maximum Gasteiger partial charge on any atom is 0.340 e. The third kappa shape index (κ3) is 5.39. The molecule has 0 saturated heterocycles. The van der Waals surface area contributed by atoms with Gasteiger partial charge in [-0.15, -0.1) is 0 Å². The Morgan fingerprint density at radius 1 is 1.20 bits per heavy atom. The standard InChI is InChI=1S/C15H12ClIN2O5S/c16-11-6-5-9(25(18,22)23)7-10(11)15(21)24-8-14(20)19-13-4-2-1-3-12(13)17/h1-7H,8H2,(H,19,20)(H2,18,22,23). The number of hydrogen-bond acceptors (Lipinski definition) is 5. The van der Waals surface area contributed by atoms with Crippen LogP contribution in [0.25, 0.3) is 0 Å². The first-order valence-corrected chi connectivity index (χ1v) is 9.72. The van der Waals surface area contributed by atoms with Crippen molar-refractivity contribution >= 4 is 61.8 Å². The number of benzene rings is 2. The summed E-state index contributed by atoms with van der Waals surface area (Å²) in [5, 5.41) is 7.59. The Hall–Kier alpha value is -1.69. The lowest BCUT2D eigenvalue weighted by Crippen LogP contribution is -2.21. The van der Waals surface area contributed by atoms with Crippen LogP contribution < -0.4 is 10.5 Å². The Bertz CT molecular complexity index is 933. The Labute approximate surface area is 162 Å². The molecule has 0 aromatic heterocycles. The topological polar surface area (TPSA) is 116 Å². The van der Waals surface area contributed by atoms with Gasteiger partial charge < -0.3 is 10.1 Å². The normalized spacial score (nSPS) is 11.0. The van der Waals surface area contributed by atoms with E-state index >= 15 is 0 Å². The number of sulfonamides is 1. The van der Waals surface area contributed by atoms with Crippen LogP contribution in [0.2, 0.25) is 5.02 Å². The highest BCUT2D eigenvalue weighted by Gasteiger charge is 2.18. The van der Waals surface area contributed by atoms with Gasteiger partial charge in [0.2, 0.25) is 10.0 Å². The molecule has 0 spiro atoms. The van der Waals surface area contributed by atoms with E-state index in [-0.39, 0.29) is 15.5 Å². The van der Waals surface area contributed by atoms with Crippen molar-refractivity contribution in [1.82, 2.24) is 0 Å². The predicted octanol–water partition coefficient (Wildman–Crippen LogP) is 2.39. The Morgan fingerprint density at radius 3 is 2.52 bits per heavy atom. The molecule has 2 aromatic rings. The number of carbonyl (C=O) groups excluding carboxylic acids is 2. The number of esters is 1. The van der Waals surface area contributed by atoms with Crippen LogP contribution in [0.5, 0.6) is 0 Å². The molecule has 0 aliphatic rings. The second kappa shape index (κ2) is 8.13. The molecular formula is C15H12ClIN2O5S. The molecular weight excluding hydrogens is 483 g/mol. The van der Waals surface area contributed by atoms with Gasteiger partial charge in [-0.2, -0.15) is 0 Å². The highest BCUT2D eigenvalue weighted by molar-refractivity contribution is 14.1.